The Kier molecular flexibility index (Phi) is 6.85. The van der Waals surface area contributed by atoms with Crippen molar-refractivity contribution in [3.63, 3.8) is 0 Å². The molecule has 1 fully saturated rings. The van der Waals surface area contributed by atoms with E-state index in [0.717, 1.165) is 50.5 Å². The van der Waals surface area contributed by atoms with Crippen molar-refractivity contribution in [2.75, 3.05) is 44.6 Å². The van der Waals surface area contributed by atoms with E-state index in [9.17, 15) is 4.79 Å². The number of aryl methyl sites for hydroxylation is 1. The van der Waals surface area contributed by atoms with E-state index in [2.05, 4.69) is 34.2 Å². The molecular formula is C22H29N3O2. The van der Waals surface area contributed by atoms with E-state index in [0.29, 0.717) is 5.75 Å². The van der Waals surface area contributed by atoms with Gasteiger partial charge in [0.15, 0.2) is 6.61 Å². The van der Waals surface area contributed by atoms with Crippen molar-refractivity contribution in [3.8, 4) is 5.75 Å². The van der Waals surface area contributed by atoms with Crippen LogP contribution in [0.2, 0.25) is 0 Å². The van der Waals surface area contributed by atoms with Gasteiger partial charge in [-0.25, -0.2) is 0 Å². The molecule has 0 bridgehead atoms. The molecule has 0 aliphatic carbocycles. The number of hydrogen-bond donors (Lipinski definition) is 1. The minimum absolute atomic E-state index is 0.00686. The third-order valence-electron chi connectivity index (χ3n) is 4.92. The SMILES string of the molecule is CCN1CCN(Cc2ccc(NC(=O)COc3cccc(C)c3)cc2)CC1. The number of nitrogens with zero attached hydrogens (tertiary/aromatic N) is 2. The van der Waals surface area contributed by atoms with E-state index in [4.69, 9.17) is 4.74 Å². The molecule has 1 saturated heterocycles. The fraction of sp³-hybridized carbons (Fsp3) is 0.409. The predicted octanol–water partition coefficient (Wildman–Crippen LogP) is 3.15. The number of likely N-dealkylation sites (N-methyl/N-ethyl adjacent to an activating group) is 1. The number of hydrogen-bond acceptors (Lipinski definition) is 4. The van der Waals surface area contributed by atoms with Gasteiger partial charge in [-0.15, -0.1) is 0 Å². The van der Waals surface area contributed by atoms with Gasteiger partial charge in [0, 0.05) is 38.4 Å². The maximum absolute atomic E-state index is 12.1. The molecule has 0 spiro atoms. The van der Waals surface area contributed by atoms with Gasteiger partial charge in [-0.05, 0) is 48.9 Å². The van der Waals surface area contributed by atoms with Crippen LogP contribution in [0.3, 0.4) is 0 Å². The van der Waals surface area contributed by atoms with Gasteiger partial charge in [-0.3, -0.25) is 9.69 Å². The van der Waals surface area contributed by atoms with Crippen LogP contribution in [0.4, 0.5) is 5.69 Å². The van der Waals surface area contributed by atoms with E-state index in [-0.39, 0.29) is 12.5 Å². The highest BCUT2D eigenvalue weighted by molar-refractivity contribution is 5.91. The molecule has 5 heteroatoms. The molecule has 1 aliphatic heterocycles. The molecule has 2 aromatic carbocycles. The molecular weight excluding hydrogens is 338 g/mol. The molecule has 1 heterocycles. The number of carbonyl (C=O) groups is 1. The number of carbonyl (C=O) groups excluding carboxylic acids is 1. The first kappa shape index (κ1) is 19.4. The number of amides is 1. The number of rotatable bonds is 7. The summed E-state index contributed by atoms with van der Waals surface area (Å²) in [5, 5.41) is 2.89. The standard InChI is InChI=1S/C22H29N3O2/c1-3-24-11-13-25(14-12-24)16-19-7-9-20(10-8-19)23-22(26)17-27-21-6-4-5-18(2)15-21/h4-10,15H,3,11-14,16-17H2,1-2H3,(H,23,26). The van der Waals surface area contributed by atoms with Crippen LogP contribution in [0.5, 0.6) is 5.75 Å². The molecule has 1 N–H and O–H groups in total. The zero-order valence-electron chi connectivity index (χ0n) is 16.3. The number of anilines is 1. The second kappa shape index (κ2) is 9.53. The van der Waals surface area contributed by atoms with E-state index >= 15 is 0 Å². The number of ether oxygens (including phenoxy) is 1. The van der Waals surface area contributed by atoms with Gasteiger partial charge in [0.05, 0.1) is 0 Å². The summed E-state index contributed by atoms with van der Waals surface area (Å²) in [5.74, 6) is 0.559. The Morgan fingerprint density at radius 2 is 1.74 bits per heavy atom. The van der Waals surface area contributed by atoms with Crippen molar-refractivity contribution in [2.45, 2.75) is 20.4 Å². The van der Waals surface area contributed by atoms with Gasteiger partial charge >= 0.3 is 0 Å². The Labute approximate surface area is 161 Å². The number of piperazine rings is 1. The summed E-state index contributed by atoms with van der Waals surface area (Å²) in [6, 6.07) is 15.8. The average molecular weight is 367 g/mol. The quantitative estimate of drug-likeness (QED) is 0.817. The summed E-state index contributed by atoms with van der Waals surface area (Å²) in [4.78, 5) is 17.0. The molecule has 3 rings (SSSR count). The van der Waals surface area contributed by atoms with Crippen molar-refractivity contribution >= 4 is 11.6 Å². The first-order valence-corrected chi connectivity index (χ1v) is 9.65. The Bertz CT molecular complexity index is 737. The lowest BCUT2D eigenvalue weighted by atomic mass is 10.1. The molecule has 1 amide bonds. The monoisotopic (exact) mass is 367 g/mol. The maximum atomic E-state index is 12.1. The zero-order valence-corrected chi connectivity index (χ0v) is 16.3. The van der Waals surface area contributed by atoms with Crippen LogP contribution in [0.1, 0.15) is 18.1 Å². The van der Waals surface area contributed by atoms with Crippen LogP contribution >= 0.6 is 0 Å². The Morgan fingerprint density at radius 1 is 1.04 bits per heavy atom. The molecule has 27 heavy (non-hydrogen) atoms. The molecule has 0 unspecified atom stereocenters. The predicted molar refractivity (Wildman–Crippen MR) is 109 cm³/mol. The highest BCUT2D eigenvalue weighted by Crippen LogP contribution is 2.14. The summed E-state index contributed by atoms with van der Waals surface area (Å²) in [6.45, 7) is 10.8. The van der Waals surface area contributed by atoms with Gasteiger partial charge in [0.2, 0.25) is 0 Å². The molecule has 2 aromatic rings. The van der Waals surface area contributed by atoms with Crippen LogP contribution in [-0.2, 0) is 11.3 Å². The summed E-state index contributed by atoms with van der Waals surface area (Å²) in [5.41, 5.74) is 3.18. The summed E-state index contributed by atoms with van der Waals surface area (Å²) < 4.78 is 5.54. The van der Waals surface area contributed by atoms with Crippen LogP contribution in [0.25, 0.3) is 0 Å². The molecule has 5 nitrogen and oxygen atoms in total. The van der Waals surface area contributed by atoms with Gasteiger partial charge in [-0.2, -0.15) is 0 Å². The first-order valence-electron chi connectivity index (χ1n) is 9.65. The van der Waals surface area contributed by atoms with Gasteiger partial charge in [0.1, 0.15) is 5.75 Å². The second-order valence-electron chi connectivity index (χ2n) is 7.06. The molecule has 0 saturated carbocycles. The lowest BCUT2D eigenvalue weighted by Crippen LogP contribution is -2.45. The first-order chi connectivity index (χ1) is 13.1. The van der Waals surface area contributed by atoms with Gasteiger partial charge in [0.25, 0.3) is 5.91 Å². The fourth-order valence-electron chi connectivity index (χ4n) is 3.27. The van der Waals surface area contributed by atoms with E-state index in [1.165, 1.54) is 5.56 Å². The van der Waals surface area contributed by atoms with Crippen molar-refractivity contribution in [3.05, 3.63) is 59.7 Å². The van der Waals surface area contributed by atoms with Crippen LogP contribution in [0, 0.1) is 6.92 Å². The van der Waals surface area contributed by atoms with Crippen molar-refractivity contribution in [1.82, 2.24) is 9.80 Å². The lowest BCUT2D eigenvalue weighted by molar-refractivity contribution is -0.118. The van der Waals surface area contributed by atoms with Crippen LogP contribution in [-0.4, -0.2) is 55.0 Å². The highest BCUT2D eigenvalue weighted by Gasteiger charge is 2.15. The third-order valence-corrected chi connectivity index (χ3v) is 4.92. The van der Waals surface area contributed by atoms with E-state index < -0.39 is 0 Å². The van der Waals surface area contributed by atoms with Gasteiger partial charge < -0.3 is 15.0 Å². The minimum Gasteiger partial charge on any atom is -0.484 e. The van der Waals surface area contributed by atoms with Crippen LogP contribution in [0.15, 0.2) is 48.5 Å². The molecule has 0 radical (unpaired) electrons. The minimum atomic E-state index is -0.153. The topological polar surface area (TPSA) is 44.8 Å². The lowest BCUT2D eigenvalue weighted by Gasteiger charge is -2.34. The van der Waals surface area contributed by atoms with Crippen molar-refractivity contribution in [2.24, 2.45) is 0 Å². The van der Waals surface area contributed by atoms with E-state index in [1.807, 2.05) is 43.3 Å². The van der Waals surface area contributed by atoms with E-state index in [1.54, 1.807) is 0 Å². The fourth-order valence-corrected chi connectivity index (χ4v) is 3.27. The summed E-state index contributed by atoms with van der Waals surface area (Å²) in [7, 11) is 0. The Morgan fingerprint density at radius 3 is 2.41 bits per heavy atom. The molecule has 0 aromatic heterocycles. The highest BCUT2D eigenvalue weighted by atomic mass is 16.5. The summed E-state index contributed by atoms with van der Waals surface area (Å²) >= 11 is 0. The van der Waals surface area contributed by atoms with Crippen molar-refractivity contribution in [1.29, 1.82) is 0 Å². The summed E-state index contributed by atoms with van der Waals surface area (Å²) in [6.07, 6.45) is 0. The van der Waals surface area contributed by atoms with Crippen molar-refractivity contribution < 1.29 is 9.53 Å². The smallest absolute Gasteiger partial charge is 0.262 e. The largest absolute Gasteiger partial charge is 0.484 e. The van der Waals surface area contributed by atoms with Crippen LogP contribution < -0.4 is 10.1 Å². The zero-order chi connectivity index (χ0) is 19.1. The molecule has 0 atom stereocenters. The van der Waals surface area contributed by atoms with Gasteiger partial charge in [-0.1, -0.05) is 31.2 Å². The number of benzene rings is 2. The molecule has 1 aliphatic rings. The normalized spacial score (nSPS) is 15.5. The number of nitrogens with one attached hydrogen (secondary N) is 1. The Balaban J connectivity index is 1.44. The molecule has 144 valence electrons. The third kappa shape index (κ3) is 6.08. The Hall–Kier alpha value is -2.37. The average Bonchev–Trinajstić information content (AvgIpc) is 2.69. The maximum Gasteiger partial charge on any atom is 0.262 e. The second-order valence-corrected chi connectivity index (χ2v) is 7.06.